The van der Waals surface area contributed by atoms with E-state index in [0.29, 0.717) is 17.5 Å². The summed E-state index contributed by atoms with van der Waals surface area (Å²) in [4.78, 5) is 23.1. The third kappa shape index (κ3) is 6.25. The van der Waals surface area contributed by atoms with E-state index in [9.17, 15) is 9.90 Å². The number of H-pyrrole nitrogens is 1. The van der Waals surface area contributed by atoms with Gasteiger partial charge in [0, 0.05) is 25.2 Å². The van der Waals surface area contributed by atoms with E-state index >= 15 is 0 Å². The molecule has 9 heteroatoms. The van der Waals surface area contributed by atoms with Gasteiger partial charge in [0.1, 0.15) is 11.5 Å². The minimum atomic E-state index is -0.191. The van der Waals surface area contributed by atoms with Crippen molar-refractivity contribution < 1.29 is 14.6 Å². The Bertz CT molecular complexity index is 1170. The van der Waals surface area contributed by atoms with Gasteiger partial charge in [0.2, 0.25) is 0 Å². The molecule has 1 amide bonds. The summed E-state index contributed by atoms with van der Waals surface area (Å²) in [5, 5.41) is 13.2. The predicted octanol–water partition coefficient (Wildman–Crippen LogP) is 5.17. The van der Waals surface area contributed by atoms with Gasteiger partial charge in [-0.2, -0.15) is 0 Å². The molecule has 2 heterocycles. The Hall–Kier alpha value is -2.48. The van der Waals surface area contributed by atoms with Gasteiger partial charge in [-0.05, 0) is 60.0 Å². The number of aromatic amines is 1. The summed E-state index contributed by atoms with van der Waals surface area (Å²) < 4.78 is 5.26. The number of amides is 1. The van der Waals surface area contributed by atoms with Crippen LogP contribution in [0.5, 0.6) is 11.5 Å². The van der Waals surface area contributed by atoms with E-state index < -0.39 is 0 Å². The van der Waals surface area contributed by atoms with Crippen molar-refractivity contribution in [1.29, 1.82) is 0 Å². The summed E-state index contributed by atoms with van der Waals surface area (Å²) in [6, 6.07) is 13.2. The first-order valence-corrected chi connectivity index (χ1v) is 12.1. The lowest BCUT2D eigenvalue weighted by molar-refractivity contribution is 0.0809. The fraction of sp³-hybridized carbons (Fsp3) is 0.481. The molecule has 4 rings (SSSR count). The Morgan fingerprint density at radius 2 is 2.03 bits per heavy atom. The maximum Gasteiger partial charge on any atom is 0.287 e. The van der Waals surface area contributed by atoms with Crippen molar-refractivity contribution in [1.82, 2.24) is 20.2 Å². The van der Waals surface area contributed by atoms with Gasteiger partial charge in [-0.3, -0.25) is 4.79 Å². The molecule has 0 saturated carbocycles. The molecule has 2 aromatic carbocycles. The number of nitrogens with zero attached hydrogens (tertiary/aromatic N) is 2. The predicted molar refractivity (Wildman–Crippen MR) is 149 cm³/mol. The molecule has 1 fully saturated rings. The van der Waals surface area contributed by atoms with Crippen molar-refractivity contribution in [2.45, 2.75) is 45.6 Å². The highest BCUT2D eigenvalue weighted by Crippen LogP contribution is 2.40. The van der Waals surface area contributed by atoms with Gasteiger partial charge in [-0.1, -0.05) is 39.8 Å². The number of carbonyl (C=O) groups is 1. The summed E-state index contributed by atoms with van der Waals surface area (Å²) >= 11 is 0. The van der Waals surface area contributed by atoms with Crippen LogP contribution in [0.1, 0.15) is 50.3 Å². The Morgan fingerprint density at radius 1 is 1.28 bits per heavy atom. The van der Waals surface area contributed by atoms with Crippen molar-refractivity contribution in [2.75, 3.05) is 26.7 Å². The van der Waals surface area contributed by atoms with Crippen LogP contribution in [-0.4, -0.2) is 58.7 Å². The lowest BCUT2D eigenvalue weighted by Gasteiger charge is -2.46. The normalized spacial score (nSPS) is 20.9. The first-order valence-electron chi connectivity index (χ1n) is 12.1. The topological polar surface area (TPSA) is 90.5 Å². The number of likely N-dealkylation sites (tertiary alicyclic amines) is 1. The number of hydrogen-bond donors (Lipinski definition) is 3. The van der Waals surface area contributed by atoms with Crippen LogP contribution in [0.2, 0.25) is 0 Å². The number of phenolic OH excluding ortho intramolecular Hbond substituents is 1. The zero-order chi connectivity index (χ0) is 24.5. The molecule has 0 aliphatic carbocycles. The number of halogens is 2. The molecular formula is C27H38Cl2N4O3. The average Bonchev–Trinajstić information content (AvgIpc) is 3.24. The van der Waals surface area contributed by atoms with E-state index in [1.54, 1.807) is 13.2 Å². The molecule has 1 saturated heterocycles. The lowest BCUT2D eigenvalue weighted by atomic mass is 9.68. The maximum absolute atomic E-state index is 13.0. The maximum atomic E-state index is 13.0. The second-order valence-corrected chi connectivity index (χ2v) is 10.2. The first kappa shape index (κ1) is 29.7. The molecule has 0 bridgehead atoms. The second-order valence-electron chi connectivity index (χ2n) is 10.2. The van der Waals surface area contributed by atoms with Gasteiger partial charge in [-0.15, -0.1) is 24.8 Å². The van der Waals surface area contributed by atoms with E-state index in [1.165, 1.54) is 5.56 Å². The largest absolute Gasteiger partial charge is 0.508 e. The number of aromatic nitrogens is 2. The van der Waals surface area contributed by atoms with E-state index in [4.69, 9.17) is 4.74 Å². The second kappa shape index (κ2) is 12.2. The summed E-state index contributed by atoms with van der Waals surface area (Å²) in [5.41, 5.74) is 2.72. The minimum absolute atomic E-state index is 0. The third-order valence-electron chi connectivity index (χ3n) is 7.55. The minimum Gasteiger partial charge on any atom is -0.508 e. The van der Waals surface area contributed by atoms with Crippen LogP contribution in [0.3, 0.4) is 0 Å². The quantitative estimate of drug-likeness (QED) is 0.387. The van der Waals surface area contributed by atoms with E-state index in [-0.39, 0.29) is 48.1 Å². The summed E-state index contributed by atoms with van der Waals surface area (Å²) in [6.07, 6.45) is 1.00. The highest BCUT2D eigenvalue weighted by atomic mass is 35.5. The number of phenols is 1. The lowest BCUT2D eigenvalue weighted by Crippen LogP contribution is -2.53. The molecule has 7 nitrogen and oxygen atoms in total. The van der Waals surface area contributed by atoms with Gasteiger partial charge in [0.05, 0.1) is 18.1 Å². The van der Waals surface area contributed by atoms with Crippen LogP contribution in [0, 0.1) is 11.8 Å². The number of aromatic hydroxyl groups is 1. The van der Waals surface area contributed by atoms with Crippen molar-refractivity contribution in [3.05, 3.63) is 53.9 Å². The Labute approximate surface area is 225 Å². The molecule has 36 heavy (non-hydrogen) atoms. The molecule has 3 N–H and O–H groups in total. The summed E-state index contributed by atoms with van der Waals surface area (Å²) in [7, 11) is 1.62. The molecule has 0 radical (unpaired) electrons. The first-order chi connectivity index (χ1) is 16.2. The highest BCUT2D eigenvalue weighted by molar-refractivity contribution is 5.94. The molecule has 1 aromatic heterocycles. The van der Waals surface area contributed by atoms with Crippen LogP contribution in [0.4, 0.5) is 0 Å². The number of carbonyl (C=O) groups excluding carboxylic acids is 1. The number of piperidine rings is 1. The SMILES string of the molecule is COc1ccc2nc(C(=O)N[C@H](CN3CC[C@@](C)(c4cccc(O)c4)[C@@H](C)C3)C(C)C)[nH]c2c1.Cl.Cl. The summed E-state index contributed by atoms with van der Waals surface area (Å²) in [5.74, 6) is 1.86. The van der Waals surface area contributed by atoms with E-state index in [2.05, 4.69) is 53.9 Å². The van der Waals surface area contributed by atoms with Gasteiger partial charge in [0.15, 0.2) is 5.82 Å². The van der Waals surface area contributed by atoms with E-state index in [1.807, 2.05) is 30.3 Å². The molecular weight excluding hydrogens is 499 g/mol. The molecule has 198 valence electrons. The molecule has 1 aliphatic heterocycles. The standard InChI is InChI=1S/C27H36N4O3.2ClH/c1-17(2)24(30-26(33)25-28-22-10-9-21(34-5)14-23(22)29-25)16-31-12-11-27(4,18(3)15-31)19-7-6-8-20(32)13-19;;/h6-10,13-14,17-18,24,32H,11-12,15-16H2,1-5H3,(H,28,29)(H,30,33);2*1H/t18-,24+,27+;;/m0../s1. The van der Waals surface area contributed by atoms with Crippen LogP contribution in [0.25, 0.3) is 11.0 Å². The number of nitrogens with one attached hydrogen (secondary N) is 2. The van der Waals surface area contributed by atoms with Crippen molar-refractivity contribution in [3.8, 4) is 11.5 Å². The van der Waals surface area contributed by atoms with Crippen LogP contribution >= 0.6 is 24.8 Å². The Balaban J connectivity index is 0.00000228. The zero-order valence-electron chi connectivity index (χ0n) is 21.6. The smallest absolute Gasteiger partial charge is 0.287 e. The number of rotatable bonds is 7. The van der Waals surface area contributed by atoms with Gasteiger partial charge >= 0.3 is 0 Å². The number of hydrogen-bond acceptors (Lipinski definition) is 5. The van der Waals surface area contributed by atoms with Crippen molar-refractivity contribution >= 4 is 41.8 Å². The molecule has 0 unspecified atom stereocenters. The highest BCUT2D eigenvalue weighted by Gasteiger charge is 2.38. The fourth-order valence-corrected chi connectivity index (χ4v) is 4.93. The third-order valence-corrected chi connectivity index (χ3v) is 7.55. The van der Waals surface area contributed by atoms with Crippen LogP contribution in [0.15, 0.2) is 42.5 Å². The number of methoxy groups -OCH3 is 1. The summed E-state index contributed by atoms with van der Waals surface area (Å²) in [6.45, 7) is 11.5. The number of benzene rings is 2. The molecule has 0 spiro atoms. The van der Waals surface area contributed by atoms with Gasteiger partial charge in [0.25, 0.3) is 5.91 Å². The van der Waals surface area contributed by atoms with Gasteiger partial charge < -0.3 is 25.0 Å². The van der Waals surface area contributed by atoms with Crippen molar-refractivity contribution in [3.63, 3.8) is 0 Å². The number of imidazole rings is 1. The Kier molecular flexibility index (Phi) is 10.1. The molecule has 3 atom stereocenters. The van der Waals surface area contributed by atoms with Crippen LogP contribution in [-0.2, 0) is 5.41 Å². The van der Waals surface area contributed by atoms with Crippen molar-refractivity contribution in [2.24, 2.45) is 11.8 Å². The van der Waals surface area contributed by atoms with E-state index in [0.717, 1.165) is 42.8 Å². The Morgan fingerprint density at radius 3 is 2.67 bits per heavy atom. The molecule has 1 aliphatic rings. The molecule has 3 aromatic rings. The average molecular weight is 538 g/mol. The number of fused-ring (bicyclic) bond motifs is 1. The number of ether oxygens (including phenoxy) is 1. The van der Waals surface area contributed by atoms with Crippen LogP contribution < -0.4 is 10.1 Å². The van der Waals surface area contributed by atoms with Gasteiger partial charge in [-0.25, -0.2) is 4.98 Å². The zero-order valence-corrected chi connectivity index (χ0v) is 23.2. The monoisotopic (exact) mass is 536 g/mol. The fourth-order valence-electron chi connectivity index (χ4n) is 4.93.